The van der Waals surface area contributed by atoms with Gasteiger partial charge in [-0.2, -0.15) is 0 Å². The molecule has 13 heavy (non-hydrogen) atoms. The molecular formula is C11H18N2. The molecule has 0 unspecified atom stereocenters. The number of pyridine rings is 1. The van der Waals surface area contributed by atoms with Crippen LogP contribution in [-0.4, -0.2) is 18.1 Å². The van der Waals surface area contributed by atoms with Crippen LogP contribution in [0, 0.1) is 0 Å². The van der Waals surface area contributed by atoms with Gasteiger partial charge in [-0.1, -0.05) is 13.5 Å². The van der Waals surface area contributed by atoms with Crippen molar-refractivity contribution >= 4 is 0 Å². The van der Waals surface area contributed by atoms with Crippen LogP contribution in [0.5, 0.6) is 0 Å². The van der Waals surface area contributed by atoms with Crippen molar-refractivity contribution in [1.82, 2.24) is 10.3 Å². The first kappa shape index (κ1) is 10.2. The standard InChI is InChI=1S/C10H14N2.CH4/c1-2-6-12-10(3-1)9-4-7-11-8-5-9;/h1-3,6,9,11H,4-5,7-8H2;1H4. The maximum Gasteiger partial charge on any atom is 0.0435 e. The minimum atomic E-state index is 0. The Bertz CT molecular complexity index is 227. The Labute approximate surface area is 80.4 Å². The van der Waals surface area contributed by atoms with Crippen molar-refractivity contribution in [1.29, 1.82) is 0 Å². The minimum Gasteiger partial charge on any atom is -0.317 e. The molecule has 1 saturated heterocycles. The summed E-state index contributed by atoms with van der Waals surface area (Å²) < 4.78 is 0. The number of nitrogens with one attached hydrogen (secondary N) is 1. The Balaban J connectivity index is 0.000000845. The highest BCUT2D eigenvalue weighted by atomic mass is 14.9. The van der Waals surface area contributed by atoms with Gasteiger partial charge in [0.05, 0.1) is 0 Å². The van der Waals surface area contributed by atoms with Gasteiger partial charge in [-0.15, -0.1) is 0 Å². The lowest BCUT2D eigenvalue weighted by atomic mass is 9.94. The maximum absolute atomic E-state index is 4.37. The van der Waals surface area contributed by atoms with E-state index in [0.29, 0.717) is 5.92 Å². The van der Waals surface area contributed by atoms with E-state index in [0.717, 1.165) is 13.1 Å². The van der Waals surface area contributed by atoms with E-state index < -0.39 is 0 Å². The molecule has 0 atom stereocenters. The van der Waals surface area contributed by atoms with Gasteiger partial charge >= 0.3 is 0 Å². The molecule has 1 aromatic heterocycles. The quantitative estimate of drug-likeness (QED) is 0.713. The monoisotopic (exact) mass is 178 g/mol. The molecule has 0 amide bonds. The fourth-order valence-corrected chi connectivity index (χ4v) is 1.74. The topological polar surface area (TPSA) is 24.9 Å². The maximum atomic E-state index is 4.37. The SMILES string of the molecule is C.c1ccc(C2CCNCC2)nc1. The molecule has 2 rings (SSSR count). The Kier molecular flexibility index (Phi) is 3.90. The molecule has 72 valence electrons. The van der Waals surface area contributed by atoms with Crippen molar-refractivity contribution in [2.45, 2.75) is 26.2 Å². The number of piperidine rings is 1. The Morgan fingerprint density at radius 2 is 2.00 bits per heavy atom. The zero-order chi connectivity index (χ0) is 8.23. The van der Waals surface area contributed by atoms with E-state index in [1.807, 2.05) is 12.3 Å². The van der Waals surface area contributed by atoms with Crippen LogP contribution in [0.2, 0.25) is 0 Å². The molecule has 2 heterocycles. The lowest BCUT2D eigenvalue weighted by Gasteiger charge is -2.21. The fraction of sp³-hybridized carbons (Fsp3) is 0.545. The van der Waals surface area contributed by atoms with Gasteiger partial charge in [0.15, 0.2) is 0 Å². The van der Waals surface area contributed by atoms with Gasteiger partial charge in [-0.05, 0) is 38.1 Å². The van der Waals surface area contributed by atoms with Gasteiger partial charge in [0.1, 0.15) is 0 Å². The van der Waals surface area contributed by atoms with E-state index in [-0.39, 0.29) is 7.43 Å². The van der Waals surface area contributed by atoms with Crippen molar-refractivity contribution in [3.63, 3.8) is 0 Å². The van der Waals surface area contributed by atoms with Crippen LogP contribution in [0.3, 0.4) is 0 Å². The van der Waals surface area contributed by atoms with E-state index in [1.165, 1.54) is 18.5 Å². The van der Waals surface area contributed by atoms with Crippen LogP contribution in [0.25, 0.3) is 0 Å². The lowest BCUT2D eigenvalue weighted by Crippen LogP contribution is -2.26. The highest BCUT2D eigenvalue weighted by molar-refractivity contribution is 5.10. The van der Waals surface area contributed by atoms with Gasteiger partial charge in [-0.3, -0.25) is 4.98 Å². The molecule has 0 radical (unpaired) electrons. The molecule has 1 aliphatic heterocycles. The van der Waals surface area contributed by atoms with Crippen molar-refractivity contribution in [3.8, 4) is 0 Å². The molecule has 0 bridgehead atoms. The minimum absolute atomic E-state index is 0. The summed E-state index contributed by atoms with van der Waals surface area (Å²) in [5, 5.41) is 3.36. The van der Waals surface area contributed by atoms with Crippen molar-refractivity contribution in [2.75, 3.05) is 13.1 Å². The zero-order valence-corrected chi connectivity index (χ0v) is 7.16. The number of hydrogen-bond acceptors (Lipinski definition) is 2. The number of nitrogens with zero attached hydrogens (tertiary/aromatic N) is 1. The number of rotatable bonds is 1. The molecule has 2 nitrogen and oxygen atoms in total. The molecule has 0 spiro atoms. The Hall–Kier alpha value is -0.890. The Morgan fingerprint density at radius 3 is 2.62 bits per heavy atom. The molecule has 0 saturated carbocycles. The van der Waals surface area contributed by atoms with Gasteiger partial charge in [-0.25, -0.2) is 0 Å². The molecule has 1 aromatic rings. The van der Waals surface area contributed by atoms with Crippen LogP contribution < -0.4 is 5.32 Å². The Morgan fingerprint density at radius 1 is 1.23 bits per heavy atom. The summed E-state index contributed by atoms with van der Waals surface area (Å²) in [6.07, 6.45) is 4.35. The predicted octanol–water partition coefficient (Wildman–Crippen LogP) is 2.18. The fourth-order valence-electron chi connectivity index (χ4n) is 1.74. The summed E-state index contributed by atoms with van der Waals surface area (Å²) in [6.45, 7) is 2.28. The summed E-state index contributed by atoms with van der Waals surface area (Å²) in [7, 11) is 0. The van der Waals surface area contributed by atoms with E-state index >= 15 is 0 Å². The molecular weight excluding hydrogens is 160 g/mol. The molecule has 1 aliphatic rings. The highest BCUT2D eigenvalue weighted by Gasteiger charge is 2.15. The molecule has 1 N–H and O–H groups in total. The third kappa shape index (κ3) is 2.52. The second-order valence-corrected chi connectivity index (χ2v) is 3.28. The number of hydrogen-bond donors (Lipinski definition) is 1. The third-order valence-electron chi connectivity index (χ3n) is 2.45. The lowest BCUT2D eigenvalue weighted by molar-refractivity contribution is 0.453. The molecule has 1 fully saturated rings. The van der Waals surface area contributed by atoms with Crippen LogP contribution in [0.4, 0.5) is 0 Å². The predicted molar refractivity (Wildman–Crippen MR) is 55.8 cm³/mol. The van der Waals surface area contributed by atoms with Gasteiger partial charge in [0.2, 0.25) is 0 Å². The summed E-state index contributed by atoms with van der Waals surface area (Å²) in [6, 6.07) is 6.19. The summed E-state index contributed by atoms with van der Waals surface area (Å²) in [4.78, 5) is 4.37. The molecule has 2 heteroatoms. The average Bonchev–Trinajstić information content (AvgIpc) is 2.21. The normalized spacial score (nSPS) is 17.8. The zero-order valence-electron chi connectivity index (χ0n) is 7.16. The smallest absolute Gasteiger partial charge is 0.0435 e. The summed E-state index contributed by atoms with van der Waals surface area (Å²) in [5.74, 6) is 0.687. The molecule has 0 aromatic carbocycles. The first-order valence-corrected chi connectivity index (χ1v) is 4.58. The highest BCUT2D eigenvalue weighted by Crippen LogP contribution is 2.22. The average molecular weight is 178 g/mol. The van der Waals surface area contributed by atoms with Gasteiger partial charge in [0.25, 0.3) is 0 Å². The van der Waals surface area contributed by atoms with Crippen molar-refractivity contribution < 1.29 is 0 Å². The van der Waals surface area contributed by atoms with Crippen LogP contribution >= 0.6 is 0 Å². The van der Waals surface area contributed by atoms with Gasteiger partial charge < -0.3 is 5.32 Å². The van der Waals surface area contributed by atoms with Crippen LogP contribution in [-0.2, 0) is 0 Å². The third-order valence-corrected chi connectivity index (χ3v) is 2.45. The van der Waals surface area contributed by atoms with Gasteiger partial charge in [0, 0.05) is 17.8 Å². The summed E-state index contributed by atoms with van der Waals surface area (Å²) >= 11 is 0. The summed E-state index contributed by atoms with van der Waals surface area (Å²) in [5.41, 5.74) is 1.26. The van der Waals surface area contributed by atoms with Crippen molar-refractivity contribution in [3.05, 3.63) is 30.1 Å². The van der Waals surface area contributed by atoms with Crippen molar-refractivity contribution in [2.24, 2.45) is 0 Å². The van der Waals surface area contributed by atoms with E-state index in [2.05, 4.69) is 22.4 Å². The first-order chi connectivity index (χ1) is 5.97. The van der Waals surface area contributed by atoms with E-state index in [9.17, 15) is 0 Å². The van der Waals surface area contributed by atoms with Crippen LogP contribution in [0.15, 0.2) is 24.4 Å². The number of aromatic nitrogens is 1. The second-order valence-electron chi connectivity index (χ2n) is 3.28. The second kappa shape index (κ2) is 4.97. The van der Waals surface area contributed by atoms with E-state index in [4.69, 9.17) is 0 Å². The van der Waals surface area contributed by atoms with E-state index in [1.54, 1.807) is 0 Å². The first-order valence-electron chi connectivity index (χ1n) is 4.58. The van der Waals surface area contributed by atoms with Crippen LogP contribution in [0.1, 0.15) is 31.9 Å². The molecule has 0 aliphatic carbocycles. The largest absolute Gasteiger partial charge is 0.317 e.